The van der Waals surface area contributed by atoms with Crippen molar-refractivity contribution in [3.05, 3.63) is 69.3 Å². The molecule has 0 bridgehead atoms. The van der Waals surface area contributed by atoms with E-state index in [1.54, 1.807) is 17.1 Å². The third-order valence-electron chi connectivity index (χ3n) is 2.79. The maximum atomic E-state index is 12.2. The van der Waals surface area contributed by atoms with Gasteiger partial charge in [0.05, 0.1) is 21.5 Å². The summed E-state index contributed by atoms with van der Waals surface area (Å²) in [4.78, 5) is 33.8. The summed E-state index contributed by atoms with van der Waals surface area (Å²) >= 11 is 5.08. The van der Waals surface area contributed by atoms with E-state index in [9.17, 15) is 25.0 Å². The highest BCUT2D eigenvalue weighted by Crippen LogP contribution is 2.22. The van der Waals surface area contributed by atoms with Gasteiger partial charge in [-0.2, -0.15) is 0 Å². The zero-order valence-corrected chi connectivity index (χ0v) is 13.3. The van der Waals surface area contributed by atoms with Gasteiger partial charge in [-0.25, -0.2) is 0 Å². The lowest BCUT2D eigenvalue weighted by atomic mass is 10.1. The van der Waals surface area contributed by atoms with Crippen LogP contribution in [0, 0.1) is 20.2 Å². The van der Waals surface area contributed by atoms with Gasteiger partial charge in [-0.3, -0.25) is 30.3 Å². The first-order chi connectivity index (χ1) is 11.3. The molecule has 1 rings (SSSR count). The third-order valence-corrected chi connectivity index (χ3v) is 3.15. The topological polar surface area (TPSA) is 119 Å². The summed E-state index contributed by atoms with van der Waals surface area (Å²) in [6, 6.07) is 2.66. The van der Waals surface area contributed by atoms with E-state index in [-0.39, 0.29) is 10.7 Å². The minimum absolute atomic E-state index is 0.0500. The van der Waals surface area contributed by atoms with Crippen LogP contribution in [0.5, 0.6) is 0 Å². The molecule has 0 atom stereocenters. The first-order valence-electron chi connectivity index (χ1n) is 6.56. The van der Waals surface area contributed by atoms with Gasteiger partial charge in [-0.1, -0.05) is 12.2 Å². The number of hydrogen-bond donors (Lipinski definition) is 1. The summed E-state index contributed by atoms with van der Waals surface area (Å²) in [5.74, 6) is -0.787. The molecule has 0 aliphatic heterocycles. The van der Waals surface area contributed by atoms with Crippen LogP contribution < -0.4 is 5.32 Å². The number of carbonyl (C=O) groups excluding carboxylic acids is 1. The van der Waals surface area contributed by atoms with Crippen molar-refractivity contribution in [2.45, 2.75) is 0 Å². The second-order valence-corrected chi connectivity index (χ2v) is 4.88. The van der Waals surface area contributed by atoms with Crippen molar-refractivity contribution >= 4 is 34.6 Å². The molecule has 0 unspecified atom stereocenters. The molecule has 24 heavy (non-hydrogen) atoms. The van der Waals surface area contributed by atoms with Crippen molar-refractivity contribution in [3.8, 4) is 0 Å². The van der Waals surface area contributed by atoms with Gasteiger partial charge < -0.3 is 4.90 Å². The fraction of sp³-hybridized carbons (Fsp3) is 0.143. The van der Waals surface area contributed by atoms with Gasteiger partial charge in [-0.05, 0) is 12.2 Å². The molecule has 9 nitrogen and oxygen atoms in total. The van der Waals surface area contributed by atoms with Crippen LogP contribution in [0.1, 0.15) is 10.4 Å². The number of hydrogen-bond acceptors (Lipinski definition) is 6. The maximum Gasteiger partial charge on any atom is 0.277 e. The van der Waals surface area contributed by atoms with Crippen molar-refractivity contribution in [1.29, 1.82) is 0 Å². The van der Waals surface area contributed by atoms with Crippen molar-refractivity contribution in [2.24, 2.45) is 0 Å². The van der Waals surface area contributed by atoms with Crippen LogP contribution in [-0.4, -0.2) is 38.9 Å². The summed E-state index contributed by atoms with van der Waals surface area (Å²) in [6.07, 6.45) is 3.14. The summed E-state index contributed by atoms with van der Waals surface area (Å²) in [5, 5.41) is 24.1. The fourth-order valence-electron chi connectivity index (χ4n) is 1.74. The van der Waals surface area contributed by atoms with Gasteiger partial charge in [0.25, 0.3) is 17.3 Å². The van der Waals surface area contributed by atoms with E-state index in [1.165, 1.54) is 0 Å². The molecule has 1 amide bonds. The average Bonchev–Trinajstić information content (AvgIpc) is 2.53. The fourth-order valence-corrected chi connectivity index (χ4v) is 1.98. The largest absolute Gasteiger partial charge is 0.342 e. The molecule has 0 radical (unpaired) electrons. The Morgan fingerprint density at radius 1 is 1.12 bits per heavy atom. The number of rotatable bonds is 7. The Hall–Kier alpha value is -3.14. The van der Waals surface area contributed by atoms with Crippen molar-refractivity contribution in [2.75, 3.05) is 13.1 Å². The second-order valence-electron chi connectivity index (χ2n) is 4.49. The Labute approximate surface area is 142 Å². The summed E-state index contributed by atoms with van der Waals surface area (Å²) in [7, 11) is 0. The standard InChI is InChI=1S/C14H14N4O5S/c1-3-5-16(6-4-2)14(24)15-13(19)10-7-11(17(20)21)9-12(8-10)18(22)23/h3-4,7-9H,1-2,5-6H2,(H,15,19,24). The summed E-state index contributed by atoms with van der Waals surface area (Å²) in [5.41, 5.74) is -1.36. The van der Waals surface area contributed by atoms with Crippen LogP contribution in [0.15, 0.2) is 43.5 Å². The van der Waals surface area contributed by atoms with E-state index in [0.717, 1.165) is 18.2 Å². The van der Waals surface area contributed by atoms with E-state index in [4.69, 9.17) is 12.2 Å². The molecule has 0 saturated heterocycles. The number of nitrogens with one attached hydrogen (secondary N) is 1. The van der Waals surface area contributed by atoms with Crippen LogP contribution in [0.4, 0.5) is 11.4 Å². The van der Waals surface area contributed by atoms with E-state index in [1.807, 2.05) is 0 Å². The smallest absolute Gasteiger partial charge is 0.277 e. The maximum absolute atomic E-state index is 12.2. The summed E-state index contributed by atoms with van der Waals surface area (Å²) < 4.78 is 0. The molecular weight excluding hydrogens is 336 g/mol. The van der Waals surface area contributed by atoms with Crippen LogP contribution >= 0.6 is 12.2 Å². The molecule has 0 spiro atoms. The highest BCUT2D eigenvalue weighted by molar-refractivity contribution is 7.80. The predicted molar refractivity (Wildman–Crippen MR) is 91.8 cm³/mol. The van der Waals surface area contributed by atoms with Gasteiger partial charge in [0.2, 0.25) is 0 Å². The zero-order chi connectivity index (χ0) is 18.3. The number of nitrogens with zero attached hydrogens (tertiary/aromatic N) is 3. The van der Waals surface area contributed by atoms with Crippen LogP contribution in [0.3, 0.4) is 0 Å². The molecular formula is C14H14N4O5S. The molecule has 0 saturated carbocycles. The Morgan fingerprint density at radius 2 is 1.58 bits per heavy atom. The average molecular weight is 350 g/mol. The Morgan fingerprint density at radius 3 is 1.96 bits per heavy atom. The van der Waals surface area contributed by atoms with Gasteiger partial charge in [0, 0.05) is 25.2 Å². The minimum atomic E-state index is -0.816. The van der Waals surface area contributed by atoms with E-state index >= 15 is 0 Å². The predicted octanol–water partition coefficient (Wildman–Crippen LogP) is 2.19. The van der Waals surface area contributed by atoms with Crippen molar-refractivity contribution in [3.63, 3.8) is 0 Å². The number of amides is 1. The molecule has 0 aromatic heterocycles. The van der Waals surface area contributed by atoms with E-state index in [2.05, 4.69) is 18.5 Å². The molecule has 0 fully saturated rings. The normalized spacial score (nSPS) is 9.67. The van der Waals surface area contributed by atoms with Crippen LogP contribution in [0.25, 0.3) is 0 Å². The third kappa shape index (κ3) is 4.95. The molecule has 0 heterocycles. The van der Waals surface area contributed by atoms with E-state index in [0.29, 0.717) is 13.1 Å². The number of thiocarbonyl (C=S) groups is 1. The zero-order valence-electron chi connectivity index (χ0n) is 12.5. The Bertz CT molecular complexity index is 677. The quantitative estimate of drug-likeness (QED) is 0.346. The second kappa shape index (κ2) is 8.48. The highest BCUT2D eigenvalue weighted by atomic mass is 32.1. The molecule has 1 aromatic rings. The van der Waals surface area contributed by atoms with Crippen molar-refractivity contribution < 1.29 is 14.6 Å². The lowest BCUT2D eigenvalue weighted by molar-refractivity contribution is -0.394. The van der Waals surface area contributed by atoms with Gasteiger partial charge in [0.1, 0.15) is 0 Å². The van der Waals surface area contributed by atoms with Gasteiger partial charge in [0.15, 0.2) is 5.11 Å². The number of non-ortho nitro benzene ring substituents is 2. The molecule has 0 aliphatic carbocycles. The number of carbonyl (C=O) groups is 1. The monoisotopic (exact) mass is 350 g/mol. The Balaban J connectivity index is 3.07. The number of benzene rings is 1. The summed E-state index contributed by atoms with van der Waals surface area (Å²) in [6.45, 7) is 7.83. The highest BCUT2D eigenvalue weighted by Gasteiger charge is 2.21. The molecule has 1 N–H and O–H groups in total. The molecule has 1 aromatic carbocycles. The first-order valence-corrected chi connectivity index (χ1v) is 6.97. The Kier molecular flexibility index (Phi) is 6.68. The van der Waals surface area contributed by atoms with Crippen molar-refractivity contribution in [1.82, 2.24) is 10.2 Å². The van der Waals surface area contributed by atoms with Gasteiger partial charge >= 0.3 is 0 Å². The van der Waals surface area contributed by atoms with Gasteiger partial charge in [-0.15, -0.1) is 13.2 Å². The molecule has 10 heteroatoms. The molecule has 0 aliphatic rings. The SMILES string of the molecule is C=CCN(CC=C)C(=S)NC(=O)c1cc([N+](=O)[O-])cc([N+](=O)[O-])c1. The molecule has 126 valence electrons. The lowest BCUT2D eigenvalue weighted by Gasteiger charge is -2.22. The number of nitro benzene ring substituents is 2. The number of nitro groups is 2. The minimum Gasteiger partial charge on any atom is -0.342 e. The van der Waals surface area contributed by atoms with Crippen LogP contribution in [-0.2, 0) is 0 Å². The van der Waals surface area contributed by atoms with Crippen LogP contribution in [0.2, 0.25) is 0 Å². The first kappa shape index (κ1) is 18.9. The van der Waals surface area contributed by atoms with E-state index < -0.39 is 27.1 Å². The lowest BCUT2D eigenvalue weighted by Crippen LogP contribution is -2.42.